The number of halogens is 2. The highest BCUT2D eigenvalue weighted by Crippen LogP contribution is 2.25. The van der Waals surface area contributed by atoms with E-state index < -0.39 is 6.29 Å². The van der Waals surface area contributed by atoms with E-state index in [1.807, 2.05) is 0 Å². The van der Waals surface area contributed by atoms with Gasteiger partial charge in [-0.15, -0.1) is 0 Å². The van der Waals surface area contributed by atoms with Gasteiger partial charge in [-0.3, -0.25) is 0 Å². The molecular weight excluding hydrogens is 199 g/mol. The Morgan fingerprint density at radius 1 is 1.33 bits per heavy atom. The highest BCUT2D eigenvalue weighted by molar-refractivity contribution is 6.42. The van der Waals surface area contributed by atoms with E-state index in [0.29, 0.717) is 15.6 Å². The first-order valence-corrected chi connectivity index (χ1v) is 4.04. The molecule has 1 radical (unpaired) electrons. The Balaban J connectivity index is 2.96. The average molecular weight is 206 g/mol. The summed E-state index contributed by atoms with van der Waals surface area (Å²) in [6, 6.07) is 4.67. The summed E-state index contributed by atoms with van der Waals surface area (Å²) in [7, 11) is 1.35. The predicted octanol–water partition coefficient (Wildman–Crippen LogP) is 3.07. The van der Waals surface area contributed by atoms with Gasteiger partial charge in [0.25, 0.3) is 0 Å². The van der Waals surface area contributed by atoms with Crippen molar-refractivity contribution in [2.75, 3.05) is 7.11 Å². The van der Waals surface area contributed by atoms with Gasteiger partial charge in [-0.1, -0.05) is 29.3 Å². The van der Waals surface area contributed by atoms with Crippen LogP contribution in [0.3, 0.4) is 0 Å². The summed E-state index contributed by atoms with van der Waals surface area (Å²) in [5.41, 5.74) is 0.479. The van der Waals surface area contributed by atoms with Crippen LogP contribution in [0.15, 0.2) is 18.2 Å². The van der Waals surface area contributed by atoms with E-state index in [1.54, 1.807) is 12.1 Å². The summed E-state index contributed by atoms with van der Waals surface area (Å²) in [6.07, 6.45) is -1.19. The molecule has 0 fully saturated rings. The first-order valence-electron chi connectivity index (χ1n) is 3.28. The summed E-state index contributed by atoms with van der Waals surface area (Å²) < 4.78 is 4.57. The third-order valence-electron chi connectivity index (χ3n) is 1.43. The molecule has 1 unspecified atom stereocenters. The molecule has 65 valence electrons. The van der Waals surface area contributed by atoms with Crippen molar-refractivity contribution in [1.29, 1.82) is 0 Å². The van der Waals surface area contributed by atoms with Crippen LogP contribution >= 0.6 is 23.2 Å². The van der Waals surface area contributed by atoms with Crippen molar-refractivity contribution in [2.45, 2.75) is 6.29 Å². The van der Waals surface area contributed by atoms with Gasteiger partial charge in [0.15, 0.2) is 0 Å². The molecule has 0 heterocycles. The molecule has 0 bridgehead atoms. The number of benzene rings is 1. The quantitative estimate of drug-likeness (QED) is 0.683. The number of methoxy groups -OCH3 is 1. The fourth-order valence-electron chi connectivity index (χ4n) is 0.795. The van der Waals surface area contributed by atoms with Crippen LogP contribution in [0.4, 0.5) is 0 Å². The Bertz CT molecular complexity index is 276. The molecule has 4 heteroatoms. The van der Waals surface area contributed by atoms with Crippen molar-refractivity contribution in [3.63, 3.8) is 0 Å². The zero-order chi connectivity index (χ0) is 9.14. The third kappa shape index (κ3) is 2.11. The van der Waals surface area contributed by atoms with Crippen LogP contribution in [0.1, 0.15) is 11.9 Å². The smallest absolute Gasteiger partial charge is 0.217 e. The second-order valence-corrected chi connectivity index (χ2v) is 3.06. The normalized spacial score (nSPS) is 13.0. The first-order chi connectivity index (χ1) is 5.65. The van der Waals surface area contributed by atoms with E-state index in [-0.39, 0.29) is 0 Å². The van der Waals surface area contributed by atoms with E-state index in [2.05, 4.69) is 4.74 Å². The number of ether oxygens (including phenoxy) is 1. The molecule has 0 aliphatic heterocycles. The Labute approximate surface area is 80.7 Å². The molecule has 0 aliphatic rings. The molecule has 2 nitrogen and oxygen atoms in total. The summed E-state index contributed by atoms with van der Waals surface area (Å²) in [5.74, 6) is 0. The van der Waals surface area contributed by atoms with E-state index in [1.165, 1.54) is 13.2 Å². The van der Waals surface area contributed by atoms with Crippen LogP contribution in [0.5, 0.6) is 0 Å². The lowest BCUT2D eigenvalue weighted by atomic mass is 10.2. The van der Waals surface area contributed by atoms with Crippen molar-refractivity contribution in [1.82, 2.24) is 0 Å². The monoisotopic (exact) mass is 205 g/mol. The van der Waals surface area contributed by atoms with Crippen molar-refractivity contribution in [3.8, 4) is 0 Å². The van der Waals surface area contributed by atoms with Gasteiger partial charge >= 0.3 is 0 Å². The fourth-order valence-corrected chi connectivity index (χ4v) is 1.10. The summed E-state index contributed by atoms with van der Waals surface area (Å²) in [4.78, 5) is 0. The molecule has 1 atom stereocenters. The predicted molar refractivity (Wildman–Crippen MR) is 46.9 cm³/mol. The van der Waals surface area contributed by atoms with Crippen LogP contribution in [-0.4, -0.2) is 7.11 Å². The minimum absolute atomic E-state index is 0.368. The van der Waals surface area contributed by atoms with Gasteiger partial charge in [-0.05, 0) is 12.1 Å². The van der Waals surface area contributed by atoms with Crippen molar-refractivity contribution >= 4 is 23.2 Å². The van der Waals surface area contributed by atoms with Crippen LogP contribution < -0.4 is 0 Å². The second-order valence-electron chi connectivity index (χ2n) is 2.24. The van der Waals surface area contributed by atoms with Gasteiger partial charge in [0.05, 0.1) is 10.0 Å². The minimum Gasteiger partial charge on any atom is -0.349 e. The third-order valence-corrected chi connectivity index (χ3v) is 2.17. The maximum atomic E-state index is 11.0. The minimum atomic E-state index is -1.19. The van der Waals surface area contributed by atoms with Crippen LogP contribution in [-0.2, 0) is 9.84 Å². The molecule has 12 heavy (non-hydrogen) atoms. The molecule has 0 aromatic heterocycles. The average Bonchev–Trinajstić information content (AvgIpc) is 2.08. The summed E-state index contributed by atoms with van der Waals surface area (Å²) >= 11 is 11.3. The van der Waals surface area contributed by atoms with Crippen molar-refractivity contribution in [3.05, 3.63) is 33.8 Å². The van der Waals surface area contributed by atoms with Gasteiger partial charge in [-0.25, -0.2) is 0 Å². The van der Waals surface area contributed by atoms with E-state index in [4.69, 9.17) is 23.2 Å². The molecule has 1 aromatic carbocycles. The second kappa shape index (κ2) is 4.10. The molecule has 1 rings (SSSR count). The Hall–Kier alpha value is -0.280. The molecular formula is C8H7Cl2O2. The van der Waals surface area contributed by atoms with Gasteiger partial charge in [-0.2, -0.15) is 5.11 Å². The van der Waals surface area contributed by atoms with Crippen LogP contribution in [0, 0.1) is 0 Å². The number of hydrogen-bond donors (Lipinski definition) is 0. The molecule has 0 aliphatic carbocycles. The van der Waals surface area contributed by atoms with E-state index in [9.17, 15) is 5.11 Å². The summed E-state index contributed by atoms with van der Waals surface area (Å²) in [5, 5.41) is 11.8. The lowest BCUT2D eigenvalue weighted by Crippen LogP contribution is -1.97. The maximum absolute atomic E-state index is 11.0. The highest BCUT2D eigenvalue weighted by atomic mass is 35.5. The van der Waals surface area contributed by atoms with Gasteiger partial charge in [0, 0.05) is 12.7 Å². The van der Waals surface area contributed by atoms with Gasteiger partial charge in [0.2, 0.25) is 6.29 Å². The Morgan fingerprint density at radius 3 is 2.50 bits per heavy atom. The lowest BCUT2D eigenvalue weighted by Gasteiger charge is -2.06. The number of rotatable bonds is 2. The number of hydrogen-bond acceptors (Lipinski definition) is 1. The molecule has 0 saturated heterocycles. The maximum Gasteiger partial charge on any atom is 0.217 e. The van der Waals surface area contributed by atoms with Crippen LogP contribution in [0.2, 0.25) is 10.0 Å². The van der Waals surface area contributed by atoms with Gasteiger partial charge in [0.1, 0.15) is 0 Å². The topological polar surface area (TPSA) is 29.1 Å². The van der Waals surface area contributed by atoms with E-state index in [0.717, 1.165) is 0 Å². The Kier molecular flexibility index (Phi) is 3.35. The van der Waals surface area contributed by atoms with E-state index >= 15 is 0 Å². The first kappa shape index (κ1) is 9.81. The largest absolute Gasteiger partial charge is 0.349 e. The van der Waals surface area contributed by atoms with Crippen molar-refractivity contribution in [2.24, 2.45) is 0 Å². The molecule has 0 N–H and O–H groups in total. The zero-order valence-corrected chi connectivity index (χ0v) is 7.89. The molecule has 0 saturated carbocycles. The molecule has 0 spiro atoms. The summed E-state index contributed by atoms with van der Waals surface area (Å²) in [6.45, 7) is 0. The zero-order valence-electron chi connectivity index (χ0n) is 6.38. The molecule has 1 aromatic rings. The van der Waals surface area contributed by atoms with Crippen LogP contribution in [0.25, 0.3) is 0 Å². The molecule has 0 amide bonds. The highest BCUT2D eigenvalue weighted by Gasteiger charge is 2.08. The standard InChI is InChI=1S/C8H7Cl2O2/c1-12-8(11)5-2-3-6(9)7(10)4-5/h2-4,8H,1H3. The Morgan fingerprint density at radius 2 is 2.00 bits per heavy atom. The van der Waals surface area contributed by atoms with Gasteiger partial charge < -0.3 is 4.74 Å². The fraction of sp³-hybridized carbons (Fsp3) is 0.250. The van der Waals surface area contributed by atoms with Crippen molar-refractivity contribution < 1.29 is 9.84 Å². The lowest BCUT2D eigenvalue weighted by molar-refractivity contribution is -0.123. The SMILES string of the molecule is COC([O])c1ccc(Cl)c(Cl)c1.